The molecule has 8 nitrogen and oxygen atoms in total. The molecule has 2 aromatic heterocycles. The molecule has 3 aromatic rings. The maximum absolute atomic E-state index is 11.5. The van der Waals surface area contributed by atoms with Crippen LogP contribution in [0.25, 0.3) is 0 Å². The maximum Gasteiger partial charge on any atom is 0.311 e. The highest BCUT2D eigenvalue weighted by atomic mass is 35.5. The molecule has 0 amide bonds. The second-order valence-electron chi connectivity index (χ2n) is 5.92. The standard InChI is InChI=1S/C19H20ClN5O3S/c1-3-28-18(26)7-16-12-29-19(23-16)24-21-8-13-4-5-17(27-2)14(6-13)10-25-11-15(20)9-22-25/h4-6,8-9,11-12H,3,7,10H2,1-2H3,(H,23,24). The lowest BCUT2D eigenvalue weighted by Crippen LogP contribution is -2.07. The second kappa shape index (κ2) is 10.0. The van der Waals surface area contributed by atoms with Gasteiger partial charge in [0, 0.05) is 17.1 Å². The molecule has 152 valence electrons. The van der Waals surface area contributed by atoms with Crippen LogP contribution in [-0.4, -0.2) is 40.7 Å². The monoisotopic (exact) mass is 433 g/mol. The Morgan fingerprint density at radius 2 is 2.31 bits per heavy atom. The van der Waals surface area contributed by atoms with Crippen molar-refractivity contribution in [2.45, 2.75) is 19.9 Å². The topological polar surface area (TPSA) is 90.6 Å². The number of methoxy groups -OCH3 is 1. The second-order valence-corrected chi connectivity index (χ2v) is 7.22. The number of esters is 1. The zero-order valence-corrected chi connectivity index (χ0v) is 17.5. The molecule has 3 rings (SSSR count). The summed E-state index contributed by atoms with van der Waals surface area (Å²) in [6.45, 7) is 2.65. The summed E-state index contributed by atoms with van der Waals surface area (Å²) in [6, 6.07) is 5.74. The SMILES string of the molecule is CCOC(=O)Cc1csc(NN=Cc2ccc(OC)c(Cn3cc(Cl)cn3)c2)n1. The van der Waals surface area contributed by atoms with Crippen LogP contribution in [0, 0.1) is 0 Å². The molecule has 0 atom stereocenters. The van der Waals surface area contributed by atoms with E-state index in [0.717, 1.165) is 16.9 Å². The Hall–Kier alpha value is -2.91. The van der Waals surface area contributed by atoms with E-state index in [9.17, 15) is 4.79 Å². The van der Waals surface area contributed by atoms with Crippen molar-refractivity contribution in [3.05, 3.63) is 57.8 Å². The molecule has 0 saturated carbocycles. The Bertz CT molecular complexity index is 1000. The van der Waals surface area contributed by atoms with Crippen molar-refractivity contribution < 1.29 is 14.3 Å². The predicted molar refractivity (Wildman–Crippen MR) is 113 cm³/mol. The van der Waals surface area contributed by atoms with Gasteiger partial charge in [-0.05, 0) is 30.7 Å². The van der Waals surface area contributed by atoms with E-state index >= 15 is 0 Å². The number of hydrogen-bond acceptors (Lipinski definition) is 8. The molecular formula is C19H20ClN5O3S. The first-order valence-corrected chi connectivity index (χ1v) is 10.1. The summed E-state index contributed by atoms with van der Waals surface area (Å²) in [7, 11) is 1.63. The lowest BCUT2D eigenvalue weighted by atomic mass is 10.1. The van der Waals surface area contributed by atoms with Crippen molar-refractivity contribution >= 4 is 40.3 Å². The minimum absolute atomic E-state index is 0.148. The highest BCUT2D eigenvalue weighted by Gasteiger charge is 2.08. The van der Waals surface area contributed by atoms with Gasteiger partial charge in [0.25, 0.3) is 0 Å². The third-order valence-electron chi connectivity index (χ3n) is 3.79. The zero-order valence-electron chi connectivity index (χ0n) is 16.0. The largest absolute Gasteiger partial charge is 0.496 e. The lowest BCUT2D eigenvalue weighted by Gasteiger charge is -2.09. The Balaban J connectivity index is 1.64. The number of thiazole rings is 1. The third kappa shape index (κ3) is 6.03. The van der Waals surface area contributed by atoms with Gasteiger partial charge >= 0.3 is 5.97 Å². The van der Waals surface area contributed by atoms with Gasteiger partial charge in [0.1, 0.15) is 5.75 Å². The quantitative estimate of drug-likeness (QED) is 0.315. The molecule has 0 saturated heterocycles. The number of ether oxygens (including phenoxy) is 2. The van der Waals surface area contributed by atoms with Gasteiger partial charge < -0.3 is 9.47 Å². The van der Waals surface area contributed by atoms with Crippen molar-refractivity contribution in [3.63, 3.8) is 0 Å². The van der Waals surface area contributed by atoms with Crippen LogP contribution in [0.2, 0.25) is 5.02 Å². The van der Waals surface area contributed by atoms with E-state index in [-0.39, 0.29) is 12.4 Å². The summed E-state index contributed by atoms with van der Waals surface area (Å²) in [5, 5.41) is 11.4. The Kier molecular flexibility index (Phi) is 7.20. The minimum Gasteiger partial charge on any atom is -0.496 e. The van der Waals surface area contributed by atoms with Crippen LogP contribution in [0.5, 0.6) is 5.75 Å². The summed E-state index contributed by atoms with van der Waals surface area (Å²) in [4.78, 5) is 15.8. The van der Waals surface area contributed by atoms with Gasteiger partial charge in [0.15, 0.2) is 0 Å². The van der Waals surface area contributed by atoms with Gasteiger partial charge in [-0.15, -0.1) is 11.3 Å². The number of aromatic nitrogens is 3. The van der Waals surface area contributed by atoms with E-state index < -0.39 is 0 Å². The molecule has 2 heterocycles. The highest BCUT2D eigenvalue weighted by Crippen LogP contribution is 2.21. The van der Waals surface area contributed by atoms with Crippen LogP contribution < -0.4 is 10.2 Å². The first-order valence-electron chi connectivity index (χ1n) is 8.81. The highest BCUT2D eigenvalue weighted by molar-refractivity contribution is 7.13. The Morgan fingerprint density at radius 1 is 1.45 bits per heavy atom. The average molecular weight is 434 g/mol. The maximum atomic E-state index is 11.5. The van der Waals surface area contributed by atoms with E-state index in [0.29, 0.717) is 29.0 Å². The van der Waals surface area contributed by atoms with Crippen molar-refractivity contribution in [2.24, 2.45) is 5.10 Å². The number of anilines is 1. The molecule has 0 fully saturated rings. The van der Waals surface area contributed by atoms with Crippen LogP contribution in [-0.2, 0) is 22.5 Å². The van der Waals surface area contributed by atoms with Gasteiger partial charge in [-0.1, -0.05) is 11.6 Å². The molecule has 1 N–H and O–H groups in total. The third-order valence-corrected chi connectivity index (χ3v) is 4.79. The van der Waals surface area contributed by atoms with Gasteiger partial charge in [-0.3, -0.25) is 14.9 Å². The van der Waals surface area contributed by atoms with Gasteiger partial charge in [0.05, 0.1) is 49.8 Å². The van der Waals surface area contributed by atoms with E-state index in [1.807, 2.05) is 18.2 Å². The number of rotatable bonds is 9. The molecule has 0 bridgehead atoms. The summed E-state index contributed by atoms with van der Waals surface area (Å²) in [5.41, 5.74) is 5.36. The normalized spacial score (nSPS) is 11.0. The lowest BCUT2D eigenvalue weighted by molar-refractivity contribution is -0.142. The van der Waals surface area contributed by atoms with Crippen LogP contribution >= 0.6 is 22.9 Å². The van der Waals surface area contributed by atoms with Gasteiger partial charge in [0.2, 0.25) is 5.13 Å². The van der Waals surface area contributed by atoms with Gasteiger partial charge in [-0.25, -0.2) is 4.98 Å². The number of halogens is 1. The fraction of sp³-hybridized carbons (Fsp3) is 0.263. The smallest absolute Gasteiger partial charge is 0.311 e. The number of nitrogens with zero attached hydrogens (tertiary/aromatic N) is 4. The minimum atomic E-state index is -0.294. The Labute approximate surface area is 177 Å². The van der Waals surface area contributed by atoms with E-state index in [2.05, 4.69) is 20.6 Å². The summed E-state index contributed by atoms with van der Waals surface area (Å²) in [5.74, 6) is 0.461. The van der Waals surface area contributed by atoms with Crippen LogP contribution in [0.15, 0.2) is 41.1 Å². The number of nitrogens with one attached hydrogen (secondary N) is 1. The van der Waals surface area contributed by atoms with Gasteiger partial charge in [-0.2, -0.15) is 10.2 Å². The molecule has 0 radical (unpaired) electrons. The van der Waals surface area contributed by atoms with E-state index in [4.69, 9.17) is 21.1 Å². The van der Waals surface area contributed by atoms with Crippen molar-refractivity contribution in [1.29, 1.82) is 0 Å². The van der Waals surface area contributed by atoms with E-state index in [1.54, 1.807) is 42.7 Å². The molecule has 1 aromatic carbocycles. The summed E-state index contributed by atoms with van der Waals surface area (Å²) < 4.78 is 12.1. The van der Waals surface area contributed by atoms with E-state index in [1.165, 1.54) is 11.3 Å². The number of carbonyl (C=O) groups excluding carboxylic acids is 1. The zero-order chi connectivity index (χ0) is 20.6. The van der Waals surface area contributed by atoms with Crippen molar-refractivity contribution in [2.75, 3.05) is 19.1 Å². The molecule has 0 aliphatic heterocycles. The van der Waals surface area contributed by atoms with Crippen LogP contribution in [0.3, 0.4) is 0 Å². The number of hydrazone groups is 1. The molecule has 0 spiro atoms. The number of hydrogen-bond donors (Lipinski definition) is 1. The first kappa shape index (κ1) is 20.8. The number of carbonyl (C=O) groups is 1. The van der Waals surface area contributed by atoms with Crippen molar-refractivity contribution in [1.82, 2.24) is 14.8 Å². The van der Waals surface area contributed by atoms with Crippen molar-refractivity contribution in [3.8, 4) is 5.75 Å². The predicted octanol–water partition coefficient (Wildman–Crippen LogP) is 3.60. The first-order chi connectivity index (χ1) is 14.1. The van der Waals surface area contributed by atoms with Crippen LogP contribution in [0.1, 0.15) is 23.7 Å². The van der Waals surface area contributed by atoms with Crippen LogP contribution in [0.4, 0.5) is 5.13 Å². The molecule has 0 unspecified atom stereocenters. The Morgan fingerprint density at radius 3 is 3.03 bits per heavy atom. The average Bonchev–Trinajstić information content (AvgIpc) is 3.31. The molecular weight excluding hydrogens is 414 g/mol. The summed E-state index contributed by atoms with van der Waals surface area (Å²) in [6.07, 6.45) is 5.17. The number of benzene rings is 1. The molecule has 10 heteroatoms. The molecule has 29 heavy (non-hydrogen) atoms. The molecule has 0 aliphatic carbocycles. The molecule has 0 aliphatic rings. The fourth-order valence-electron chi connectivity index (χ4n) is 2.56. The summed E-state index contributed by atoms with van der Waals surface area (Å²) >= 11 is 7.30. The fourth-order valence-corrected chi connectivity index (χ4v) is 3.38.